The maximum atomic E-state index is 13.1. The zero-order valence-electron chi connectivity index (χ0n) is 18.2. The van der Waals surface area contributed by atoms with Crippen LogP contribution >= 0.6 is 11.6 Å². The van der Waals surface area contributed by atoms with Gasteiger partial charge in [0.05, 0.1) is 10.7 Å². The average molecular weight is 498 g/mol. The number of sulfonamides is 1. The molecule has 0 unspecified atom stereocenters. The number of piperazine rings is 1. The number of carbonyl (C=O) groups excluding carboxylic acids is 3. The molecular formula is C21H28ClN5O5S. The molecule has 4 rings (SSSR count). The third kappa shape index (κ3) is 5.16. The SMILES string of the molecule is NC(=O)[C@H](NS(=O)(=O)c1cccc(N2CCCCC2=O)c1Cl)C(=O)N1CCN(C2CC2)CC1. The van der Waals surface area contributed by atoms with Crippen LogP contribution in [0.25, 0.3) is 0 Å². The number of piperidine rings is 1. The smallest absolute Gasteiger partial charge is 0.250 e. The molecule has 180 valence electrons. The fourth-order valence-corrected chi connectivity index (χ4v) is 6.14. The van der Waals surface area contributed by atoms with Crippen molar-refractivity contribution in [2.45, 2.75) is 49.1 Å². The number of anilines is 1. The number of carbonyl (C=O) groups is 3. The van der Waals surface area contributed by atoms with E-state index in [1.54, 1.807) is 6.07 Å². The fourth-order valence-electron chi connectivity index (χ4n) is 4.35. The second-order valence-electron chi connectivity index (χ2n) is 8.64. The summed E-state index contributed by atoms with van der Waals surface area (Å²) in [5.41, 5.74) is 5.69. The van der Waals surface area contributed by atoms with E-state index in [1.165, 1.54) is 21.9 Å². The second kappa shape index (κ2) is 9.57. The summed E-state index contributed by atoms with van der Waals surface area (Å²) in [6.45, 7) is 2.58. The molecule has 2 aliphatic heterocycles. The zero-order chi connectivity index (χ0) is 23.8. The maximum absolute atomic E-state index is 13.1. The summed E-state index contributed by atoms with van der Waals surface area (Å²) in [4.78, 5) is 42.2. The van der Waals surface area contributed by atoms with Crippen molar-refractivity contribution in [3.8, 4) is 0 Å². The summed E-state index contributed by atoms with van der Waals surface area (Å²) in [7, 11) is -4.39. The molecule has 3 N–H and O–H groups in total. The van der Waals surface area contributed by atoms with Crippen LogP contribution in [0, 0.1) is 0 Å². The third-order valence-electron chi connectivity index (χ3n) is 6.34. The van der Waals surface area contributed by atoms with Crippen LogP contribution in [-0.2, 0) is 24.4 Å². The lowest BCUT2D eigenvalue weighted by molar-refractivity contribution is -0.139. The number of hydrogen-bond donors (Lipinski definition) is 2. The molecule has 0 aromatic heterocycles. The number of amides is 3. The minimum Gasteiger partial charge on any atom is -0.368 e. The van der Waals surface area contributed by atoms with Crippen LogP contribution in [0.15, 0.2) is 23.1 Å². The average Bonchev–Trinajstić information content (AvgIpc) is 3.63. The van der Waals surface area contributed by atoms with Crippen molar-refractivity contribution in [3.63, 3.8) is 0 Å². The predicted octanol–water partition coefficient (Wildman–Crippen LogP) is 0.296. The quantitative estimate of drug-likeness (QED) is 0.520. The van der Waals surface area contributed by atoms with Crippen LogP contribution in [-0.4, -0.2) is 80.7 Å². The highest BCUT2D eigenvalue weighted by atomic mass is 35.5. The van der Waals surface area contributed by atoms with Gasteiger partial charge in [-0.1, -0.05) is 17.7 Å². The Morgan fingerprint density at radius 1 is 1.09 bits per heavy atom. The molecule has 1 saturated carbocycles. The minimum atomic E-state index is -4.39. The van der Waals surface area contributed by atoms with Crippen molar-refractivity contribution < 1.29 is 22.8 Å². The van der Waals surface area contributed by atoms with Crippen molar-refractivity contribution in [1.29, 1.82) is 0 Å². The zero-order valence-corrected chi connectivity index (χ0v) is 19.8. The molecule has 0 radical (unpaired) electrons. The van der Waals surface area contributed by atoms with E-state index in [4.69, 9.17) is 17.3 Å². The summed E-state index contributed by atoms with van der Waals surface area (Å²) in [6.07, 6.45) is 4.21. The lowest BCUT2D eigenvalue weighted by atomic mass is 10.1. The topological polar surface area (TPSA) is 133 Å². The highest BCUT2D eigenvalue weighted by molar-refractivity contribution is 7.89. The highest BCUT2D eigenvalue weighted by Crippen LogP contribution is 2.34. The molecular weight excluding hydrogens is 470 g/mol. The highest BCUT2D eigenvalue weighted by Gasteiger charge is 2.38. The number of halogens is 1. The normalized spacial score (nSPS) is 21.2. The molecule has 1 aliphatic carbocycles. The lowest BCUT2D eigenvalue weighted by Crippen LogP contribution is -2.58. The molecule has 3 fully saturated rings. The van der Waals surface area contributed by atoms with Gasteiger partial charge in [-0.25, -0.2) is 8.42 Å². The number of benzene rings is 1. The minimum absolute atomic E-state index is 0.138. The number of nitrogens with zero attached hydrogens (tertiary/aromatic N) is 3. The van der Waals surface area contributed by atoms with Gasteiger partial charge < -0.3 is 15.5 Å². The Hall–Kier alpha value is -2.21. The lowest BCUT2D eigenvalue weighted by Gasteiger charge is -2.36. The number of primary amides is 1. The molecule has 2 heterocycles. The third-order valence-corrected chi connectivity index (χ3v) is 8.31. The van der Waals surface area contributed by atoms with Crippen molar-refractivity contribution in [2.24, 2.45) is 5.73 Å². The fraction of sp³-hybridized carbons (Fsp3) is 0.571. The van der Waals surface area contributed by atoms with E-state index < -0.39 is 27.9 Å². The van der Waals surface area contributed by atoms with Gasteiger partial charge in [0.2, 0.25) is 21.8 Å². The van der Waals surface area contributed by atoms with Gasteiger partial charge in [0.1, 0.15) is 4.90 Å². The Labute approximate surface area is 198 Å². The van der Waals surface area contributed by atoms with Gasteiger partial charge in [0.15, 0.2) is 6.04 Å². The van der Waals surface area contributed by atoms with Gasteiger partial charge in [0.25, 0.3) is 5.91 Å². The standard InChI is InChI=1S/C21H28ClN5O5S/c22-18-15(27-9-2-1-6-17(27)28)4-3-5-16(18)33(31,32)24-19(20(23)29)21(30)26-12-10-25(11-13-26)14-7-8-14/h3-5,14,19,24H,1-2,6-13H2,(H2,23,29)/t19-/m0/s1. The van der Waals surface area contributed by atoms with E-state index in [-0.39, 0.29) is 21.5 Å². The van der Waals surface area contributed by atoms with Gasteiger partial charge in [-0.2, -0.15) is 4.72 Å². The Kier molecular flexibility index (Phi) is 6.94. The Bertz CT molecular complexity index is 1050. The van der Waals surface area contributed by atoms with Crippen molar-refractivity contribution in [2.75, 3.05) is 37.6 Å². The molecule has 1 aromatic carbocycles. The second-order valence-corrected chi connectivity index (χ2v) is 10.7. The summed E-state index contributed by atoms with van der Waals surface area (Å²) in [5.74, 6) is -1.91. The van der Waals surface area contributed by atoms with E-state index in [2.05, 4.69) is 9.62 Å². The summed E-state index contributed by atoms with van der Waals surface area (Å²) < 4.78 is 28.4. The molecule has 3 amide bonds. The molecule has 12 heteroatoms. The molecule has 10 nitrogen and oxygen atoms in total. The monoisotopic (exact) mass is 497 g/mol. The molecule has 3 aliphatic rings. The number of nitrogens with one attached hydrogen (secondary N) is 1. The summed E-state index contributed by atoms with van der Waals surface area (Å²) >= 11 is 6.40. The van der Waals surface area contributed by atoms with Crippen molar-refractivity contribution in [1.82, 2.24) is 14.5 Å². The summed E-state index contributed by atoms with van der Waals surface area (Å²) in [6, 6.07) is 3.11. The molecule has 1 aromatic rings. The predicted molar refractivity (Wildman–Crippen MR) is 122 cm³/mol. The van der Waals surface area contributed by atoms with Crippen molar-refractivity contribution >= 4 is 45.0 Å². The molecule has 33 heavy (non-hydrogen) atoms. The molecule has 1 atom stereocenters. The van der Waals surface area contributed by atoms with E-state index in [0.29, 0.717) is 45.2 Å². The van der Waals surface area contributed by atoms with E-state index >= 15 is 0 Å². The Morgan fingerprint density at radius 3 is 2.39 bits per heavy atom. The van der Waals surface area contributed by atoms with E-state index in [0.717, 1.165) is 25.7 Å². The molecule has 0 spiro atoms. The van der Waals surface area contributed by atoms with Gasteiger partial charge in [-0.3, -0.25) is 19.3 Å². The Balaban J connectivity index is 1.52. The van der Waals surface area contributed by atoms with Gasteiger partial charge >= 0.3 is 0 Å². The first-order valence-electron chi connectivity index (χ1n) is 11.1. The first kappa shape index (κ1) is 23.9. The Morgan fingerprint density at radius 2 is 1.79 bits per heavy atom. The van der Waals surface area contributed by atoms with E-state index in [9.17, 15) is 22.8 Å². The van der Waals surface area contributed by atoms with E-state index in [1.807, 2.05) is 0 Å². The summed E-state index contributed by atoms with van der Waals surface area (Å²) in [5, 5.41) is -0.144. The van der Waals surface area contributed by atoms with Crippen LogP contribution < -0.4 is 15.4 Å². The molecule has 2 saturated heterocycles. The van der Waals surface area contributed by atoms with Crippen LogP contribution in [0.2, 0.25) is 5.02 Å². The maximum Gasteiger partial charge on any atom is 0.250 e. The number of hydrogen-bond acceptors (Lipinski definition) is 6. The van der Waals surface area contributed by atoms with Crippen LogP contribution in [0.1, 0.15) is 32.1 Å². The van der Waals surface area contributed by atoms with Crippen LogP contribution in [0.5, 0.6) is 0 Å². The first-order chi connectivity index (χ1) is 15.7. The largest absolute Gasteiger partial charge is 0.368 e. The van der Waals surface area contributed by atoms with Crippen LogP contribution in [0.4, 0.5) is 5.69 Å². The number of rotatable bonds is 7. The van der Waals surface area contributed by atoms with Crippen molar-refractivity contribution in [3.05, 3.63) is 23.2 Å². The molecule has 0 bridgehead atoms. The van der Waals surface area contributed by atoms with Gasteiger partial charge in [0, 0.05) is 45.2 Å². The first-order valence-corrected chi connectivity index (χ1v) is 13.0. The number of nitrogens with two attached hydrogens (primary N) is 1. The van der Waals surface area contributed by atoms with Gasteiger partial charge in [-0.05, 0) is 37.8 Å². The van der Waals surface area contributed by atoms with Gasteiger partial charge in [-0.15, -0.1) is 0 Å². The van der Waals surface area contributed by atoms with Crippen LogP contribution in [0.3, 0.4) is 0 Å².